The highest BCUT2D eigenvalue weighted by Gasteiger charge is 2.58. The predicted octanol–water partition coefficient (Wildman–Crippen LogP) is 3.78. The minimum absolute atomic E-state index is 0.0965. The molecule has 0 aromatic carbocycles. The summed E-state index contributed by atoms with van der Waals surface area (Å²) in [6.45, 7) is 17.0. The fourth-order valence-corrected chi connectivity index (χ4v) is 4.18. The standard InChI is InChI=1S/C21H36O5/c1-9-21(10-2,26-20(7,8)19(5,6)23)15-11-14-12-16(17(15)24-14)25-18(22)13(3)4/h14-17,23H,3,9-12H2,1-2,4-8H3. The van der Waals surface area contributed by atoms with E-state index < -0.39 is 16.8 Å². The average Bonchev–Trinajstić information content (AvgIpc) is 3.11. The molecule has 2 saturated heterocycles. The van der Waals surface area contributed by atoms with Crippen LogP contribution in [0.3, 0.4) is 0 Å². The van der Waals surface area contributed by atoms with Gasteiger partial charge in [0.05, 0.1) is 22.9 Å². The van der Waals surface area contributed by atoms with Crippen LogP contribution in [0.25, 0.3) is 0 Å². The van der Waals surface area contributed by atoms with Crippen LogP contribution in [0.2, 0.25) is 0 Å². The van der Waals surface area contributed by atoms with E-state index in [9.17, 15) is 9.90 Å². The number of fused-ring (bicyclic) bond motifs is 2. The lowest BCUT2D eigenvalue weighted by atomic mass is 9.72. The molecule has 5 heteroatoms. The second kappa shape index (κ2) is 7.25. The minimum Gasteiger partial charge on any atom is -0.456 e. The summed E-state index contributed by atoms with van der Waals surface area (Å²) in [5, 5.41) is 10.6. The fraction of sp³-hybridized carbons (Fsp3) is 0.857. The number of hydrogen-bond donors (Lipinski definition) is 1. The van der Waals surface area contributed by atoms with Crippen LogP contribution in [-0.4, -0.2) is 46.2 Å². The Morgan fingerprint density at radius 2 is 1.77 bits per heavy atom. The van der Waals surface area contributed by atoms with Crippen LogP contribution < -0.4 is 0 Å². The molecule has 0 amide bonds. The summed E-state index contributed by atoms with van der Waals surface area (Å²) in [6.07, 6.45) is 2.92. The molecule has 0 saturated carbocycles. The molecule has 26 heavy (non-hydrogen) atoms. The van der Waals surface area contributed by atoms with Crippen molar-refractivity contribution in [3.63, 3.8) is 0 Å². The van der Waals surface area contributed by atoms with E-state index in [0.29, 0.717) is 5.57 Å². The van der Waals surface area contributed by atoms with Crippen molar-refractivity contribution < 1.29 is 24.1 Å². The van der Waals surface area contributed by atoms with Crippen molar-refractivity contribution in [1.29, 1.82) is 0 Å². The molecular weight excluding hydrogens is 332 g/mol. The molecule has 2 aliphatic rings. The first kappa shape index (κ1) is 21.4. The normalized spacial score (nSPS) is 29.1. The molecule has 5 nitrogen and oxygen atoms in total. The third-order valence-electron chi connectivity index (χ3n) is 6.54. The van der Waals surface area contributed by atoms with E-state index in [1.807, 2.05) is 13.8 Å². The number of aliphatic hydroxyl groups is 1. The quantitative estimate of drug-likeness (QED) is 0.522. The summed E-state index contributed by atoms with van der Waals surface area (Å²) >= 11 is 0. The average molecular weight is 369 g/mol. The third-order valence-corrected chi connectivity index (χ3v) is 6.54. The van der Waals surface area contributed by atoms with E-state index in [0.717, 1.165) is 25.7 Å². The van der Waals surface area contributed by atoms with E-state index in [1.54, 1.807) is 20.8 Å². The molecule has 150 valence electrons. The van der Waals surface area contributed by atoms with Gasteiger partial charge in [0.2, 0.25) is 0 Å². The van der Waals surface area contributed by atoms with Gasteiger partial charge in [0, 0.05) is 17.9 Å². The van der Waals surface area contributed by atoms with Crippen molar-refractivity contribution in [2.75, 3.05) is 0 Å². The molecule has 4 unspecified atom stereocenters. The van der Waals surface area contributed by atoms with Crippen molar-refractivity contribution in [3.05, 3.63) is 12.2 Å². The predicted molar refractivity (Wildman–Crippen MR) is 101 cm³/mol. The number of carbonyl (C=O) groups excluding carboxylic acids is 1. The Morgan fingerprint density at radius 1 is 1.19 bits per heavy atom. The molecule has 0 aliphatic carbocycles. The highest BCUT2D eigenvalue weighted by molar-refractivity contribution is 5.87. The van der Waals surface area contributed by atoms with Crippen LogP contribution in [0.4, 0.5) is 0 Å². The van der Waals surface area contributed by atoms with Crippen molar-refractivity contribution in [1.82, 2.24) is 0 Å². The van der Waals surface area contributed by atoms with Gasteiger partial charge in [0.25, 0.3) is 0 Å². The first-order valence-corrected chi connectivity index (χ1v) is 9.81. The molecule has 2 rings (SSSR count). The fourth-order valence-electron chi connectivity index (χ4n) is 4.18. The van der Waals surface area contributed by atoms with E-state index in [-0.39, 0.29) is 30.2 Å². The number of ether oxygens (including phenoxy) is 3. The van der Waals surface area contributed by atoms with E-state index in [2.05, 4.69) is 20.4 Å². The van der Waals surface area contributed by atoms with Crippen LogP contribution in [0.1, 0.15) is 74.1 Å². The van der Waals surface area contributed by atoms with Gasteiger partial charge in [0.1, 0.15) is 12.2 Å². The Kier molecular flexibility index (Phi) is 5.96. The Morgan fingerprint density at radius 3 is 2.19 bits per heavy atom. The molecule has 2 fully saturated rings. The van der Waals surface area contributed by atoms with Crippen molar-refractivity contribution in [2.45, 2.75) is 109 Å². The van der Waals surface area contributed by atoms with Crippen LogP contribution in [0.5, 0.6) is 0 Å². The van der Waals surface area contributed by atoms with Gasteiger partial charge in [-0.2, -0.15) is 0 Å². The Balaban J connectivity index is 2.25. The van der Waals surface area contributed by atoms with Gasteiger partial charge in [-0.15, -0.1) is 0 Å². The monoisotopic (exact) mass is 368 g/mol. The Hall–Kier alpha value is -0.910. The maximum atomic E-state index is 12.0. The summed E-state index contributed by atoms with van der Waals surface area (Å²) in [6, 6.07) is 0. The molecule has 2 bridgehead atoms. The Labute approximate surface area is 158 Å². The molecule has 1 N–H and O–H groups in total. The van der Waals surface area contributed by atoms with Crippen LogP contribution in [0.15, 0.2) is 12.2 Å². The topological polar surface area (TPSA) is 65.0 Å². The van der Waals surface area contributed by atoms with Gasteiger partial charge in [-0.1, -0.05) is 20.4 Å². The van der Waals surface area contributed by atoms with E-state index >= 15 is 0 Å². The van der Waals surface area contributed by atoms with Crippen molar-refractivity contribution in [3.8, 4) is 0 Å². The molecule has 0 aromatic heterocycles. The minimum atomic E-state index is -0.979. The van der Waals surface area contributed by atoms with Crippen molar-refractivity contribution >= 4 is 5.97 Å². The van der Waals surface area contributed by atoms with Crippen LogP contribution >= 0.6 is 0 Å². The van der Waals surface area contributed by atoms with Gasteiger partial charge in [-0.25, -0.2) is 4.79 Å². The van der Waals surface area contributed by atoms with Gasteiger partial charge < -0.3 is 19.3 Å². The first-order valence-electron chi connectivity index (χ1n) is 9.81. The number of hydrogen-bond acceptors (Lipinski definition) is 5. The zero-order chi connectivity index (χ0) is 19.9. The van der Waals surface area contributed by atoms with E-state index in [1.165, 1.54) is 0 Å². The summed E-state index contributed by atoms with van der Waals surface area (Å²) in [5.41, 5.74) is -1.73. The van der Waals surface area contributed by atoms with Crippen LogP contribution in [-0.2, 0) is 19.0 Å². The SMILES string of the molecule is C=C(C)C(=O)OC1CC2CC(C(CC)(CC)OC(C)(C)C(C)(C)O)C1O2. The molecule has 0 spiro atoms. The number of esters is 1. The molecule has 2 heterocycles. The largest absolute Gasteiger partial charge is 0.456 e. The maximum absolute atomic E-state index is 12.0. The molecule has 0 radical (unpaired) electrons. The third kappa shape index (κ3) is 3.85. The summed E-state index contributed by atoms with van der Waals surface area (Å²) in [7, 11) is 0. The smallest absolute Gasteiger partial charge is 0.333 e. The summed E-state index contributed by atoms with van der Waals surface area (Å²) in [5.74, 6) is -0.234. The molecule has 4 atom stereocenters. The lowest BCUT2D eigenvalue weighted by Crippen LogP contribution is -2.57. The lowest BCUT2D eigenvalue weighted by Gasteiger charge is -2.50. The molecular formula is C21H36O5. The zero-order valence-electron chi connectivity index (χ0n) is 17.4. The second-order valence-corrected chi connectivity index (χ2v) is 8.97. The summed E-state index contributed by atoms with van der Waals surface area (Å²) < 4.78 is 18.4. The van der Waals surface area contributed by atoms with Gasteiger partial charge >= 0.3 is 5.97 Å². The van der Waals surface area contributed by atoms with Gasteiger partial charge in [-0.3, -0.25) is 0 Å². The van der Waals surface area contributed by atoms with E-state index in [4.69, 9.17) is 14.2 Å². The maximum Gasteiger partial charge on any atom is 0.333 e. The number of rotatable bonds is 8. The van der Waals surface area contributed by atoms with Crippen molar-refractivity contribution in [2.24, 2.45) is 5.92 Å². The van der Waals surface area contributed by atoms with Crippen LogP contribution in [0, 0.1) is 5.92 Å². The second-order valence-electron chi connectivity index (χ2n) is 8.97. The summed E-state index contributed by atoms with van der Waals surface area (Å²) in [4.78, 5) is 12.0. The highest BCUT2D eigenvalue weighted by Crippen LogP contribution is 2.50. The molecule has 0 aromatic rings. The van der Waals surface area contributed by atoms with Gasteiger partial charge in [0.15, 0.2) is 0 Å². The van der Waals surface area contributed by atoms with Gasteiger partial charge in [-0.05, 0) is 53.9 Å². The zero-order valence-corrected chi connectivity index (χ0v) is 17.4. The highest BCUT2D eigenvalue weighted by atomic mass is 16.6. The first-order chi connectivity index (χ1) is 11.9. The Bertz CT molecular complexity index is 541. The lowest BCUT2D eigenvalue weighted by molar-refractivity contribution is -0.241. The number of carbonyl (C=O) groups is 1. The molecule has 2 aliphatic heterocycles.